The fourth-order valence-corrected chi connectivity index (χ4v) is 2.43. The second kappa shape index (κ2) is 6.74. The highest BCUT2D eigenvalue weighted by molar-refractivity contribution is 9.10. The first-order chi connectivity index (χ1) is 8.78. The Hall–Kier alpha value is -0.560. The summed E-state index contributed by atoms with van der Waals surface area (Å²) in [6.45, 7) is 6.07. The van der Waals surface area contributed by atoms with E-state index >= 15 is 0 Å². The first kappa shape index (κ1) is 16.5. The monoisotopic (exact) mass is 341 g/mol. The molecule has 0 saturated heterocycles. The summed E-state index contributed by atoms with van der Waals surface area (Å²) >= 11 is 3.41. The van der Waals surface area contributed by atoms with Crippen molar-refractivity contribution in [1.29, 1.82) is 0 Å². The molecule has 0 aliphatic rings. The minimum Gasteiger partial charge on any atom is -0.289 e. The van der Waals surface area contributed by atoms with Gasteiger partial charge in [0.1, 0.15) is 0 Å². The van der Waals surface area contributed by atoms with Crippen LogP contribution in [0.1, 0.15) is 31.7 Å². The van der Waals surface area contributed by atoms with E-state index in [-0.39, 0.29) is 6.54 Å². The molecular formula is C12H19BrF3N3. The van der Waals surface area contributed by atoms with Crippen molar-refractivity contribution < 1.29 is 13.2 Å². The van der Waals surface area contributed by atoms with Crippen molar-refractivity contribution in [3.05, 3.63) is 15.9 Å². The molecule has 1 rings (SSSR count). The van der Waals surface area contributed by atoms with E-state index in [1.165, 1.54) is 4.90 Å². The first-order valence-electron chi connectivity index (χ1n) is 6.29. The smallest absolute Gasteiger partial charge is 0.289 e. The van der Waals surface area contributed by atoms with E-state index in [2.05, 4.69) is 21.0 Å². The second-order valence-electron chi connectivity index (χ2n) is 4.49. The van der Waals surface area contributed by atoms with Gasteiger partial charge in [-0.05, 0) is 42.7 Å². The van der Waals surface area contributed by atoms with Crippen LogP contribution in [0, 0.1) is 6.92 Å². The Balaban J connectivity index is 2.90. The Morgan fingerprint density at radius 2 is 1.95 bits per heavy atom. The molecule has 1 heterocycles. The molecule has 0 saturated carbocycles. The van der Waals surface area contributed by atoms with Crippen molar-refractivity contribution in [3.8, 4) is 0 Å². The Morgan fingerprint density at radius 1 is 1.32 bits per heavy atom. The van der Waals surface area contributed by atoms with E-state index < -0.39 is 12.7 Å². The number of rotatable bonds is 6. The van der Waals surface area contributed by atoms with Crippen molar-refractivity contribution in [1.82, 2.24) is 14.7 Å². The molecule has 0 aromatic carbocycles. The van der Waals surface area contributed by atoms with Crippen LogP contribution in [0.5, 0.6) is 0 Å². The molecule has 0 atom stereocenters. The van der Waals surface area contributed by atoms with Crippen molar-refractivity contribution in [2.45, 2.75) is 46.5 Å². The maximum absolute atomic E-state index is 12.5. The molecule has 0 spiro atoms. The Labute approximate surface area is 119 Å². The Bertz CT molecular complexity index is 415. The molecule has 110 valence electrons. The van der Waals surface area contributed by atoms with Gasteiger partial charge in [-0.2, -0.15) is 18.3 Å². The fraction of sp³-hybridized carbons (Fsp3) is 0.750. The Morgan fingerprint density at radius 3 is 2.42 bits per heavy atom. The van der Waals surface area contributed by atoms with Gasteiger partial charge < -0.3 is 0 Å². The van der Waals surface area contributed by atoms with Gasteiger partial charge in [0, 0.05) is 13.1 Å². The molecule has 1 aromatic heterocycles. The van der Waals surface area contributed by atoms with Crippen molar-refractivity contribution in [2.75, 3.05) is 13.1 Å². The largest absolute Gasteiger partial charge is 0.401 e. The zero-order valence-electron chi connectivity index (χ0n) is 11.4. The normalized spacial score (nSPS) is 12.4. The molecule has 0 radical (unpaired) electrons. The molecule has 7 heteroatoms. The maximum atomic E-state index is 12.5. The van der Waals surface area contributed by atoms with Gasteiger partial charge in [0.25, 0.3) is 0 Å². The third-order valence-electron chi connectivity index (χ3n) is 2.77. The summed E-state index contributed by atoms with van der Waals surface area (Å²) in [6.07, 6.45) is -3.49. The summed E-state index contributed by atoms with van der Waals surface area (Å²) in [5.74, 6) is 0. The zero-order valence-corrected chi connectivity index (χ0v) is 13.0. The van der Waals surface area contributed by atoms with Crippen LogP contribution in [0.25, 0.3) is 0 Å². The van der Waals surface area contributed by atoms with Crippen LogP contribution in [-0.2, 0) is 13.1 Å². The van der Waals surface area contributed by atoms with Crippen LogP contribution in [0.4, 0.5) is 13.2 Å². The number of aryl methyl sites for hydroxylation is 2. The predicted molar refractivity (Wildman–Crippen MR) is 72.0 cm³/mol. The molecule has 0 N–H and O–H groups in total. The molecule has 0 fully saturated rings. The molecule has 3 nitrogen and oxygen atoms in total. The van der Waals surface area contributed by atoms with Crippen LogP contribution in [0.2, 0.25) is 0 Å². The number of hydrogen-bond acceptors (Lipinski definition) is 2. The average Bonchev–Trinajstić information content (AvgIpc) is 2.55. The summed E-state index contributed by atoms with van der Waals surface area (Å²) in [6, 6.07) is 0. The second-order valence-corrected chi connectivity index (χ2v) is 5.28. The maximum Gasteiger partial charge on any atom is 0.401 e. The molecule has 0 aliphatic carbocycles. The predicted octanol–water partition coefficient (Wildman–Crippen LogP) is 3.75. The average molecular weight is 342 g/mol. The van der Waals surface area contributed by atoms with Gasteiger partial charge in [-0.25, -0.2) is 0 Å². The number of hydrogen-bond donors (Lipinski definition) is 0. The first-order valence-corrected chi connectivity index (χ1v) is 7.08. The molecule has 0 bridgehead atoms. The van der Waals surface area contributed by atoms with Crippen molar-refractivity contribution in [2.24, 2.45) is 0 Å². The lowest BCUT2D eigenvalue weighted by Gasteiger charge is -2.23. The standard InChI is InChI=1S/C12H19BrF3N3/c1-4-6-18(8-12(14,15)16)7-10-11(13)9(3)17-19(10)5-2/h4-8H2,1-3H3. The van der Waals surface area contributed by atoms with Crippen molar-refractivity contribution >= 4 is 15.9 Å². The lowest BCUT2D eigenvalue weighted by molar-refractivity contribution is -0.147. The topological polar surface area (TPSA) is 21.1 Å². The highest BCUT2D eigenvalue weighted by Crippen LogP contribution is 2.24. The SMILES string of the molecule is CCCN(Cc1c(Br)c(C)nn1CC)CC(F)(F)F. The summed E-state index contributed by atoms with van der Waals surface area (Å²) in [7, 11) is 0. The lowest BCUT2D eigenvalue weighted by Crippen LogP contribution is -2.35. The number of aromatic nitrogens is 2. The van der Waals surface area contributed by atoms with Gasteiger partial charge in [0.15, 0.2) is 0 Å². The third-order valence-corrected chi connectivity index (χ3v) is 3.80. The molecule has 0 aliphatic heterocycles. The lowest BCUT2D eigenvalue weighted by atomic mass is 10.3. The van der Waals surface area contributed by atoms with Crippen LogP contribution in [0.15, 0.2) is 4.47 Å². The van der Waals surface area contributed by atoms with E-state index in [1.807, 2.05) is 20.8 Å². The van der Waals surface area contributed by atoms with Crippen LogP contribution < -0.4 is 0 Å². The molecular weight excluding hydrogens is 323 g/mol. The summed E-state index contributed by atoms with van der Waals surface area (Å²) in [4.78, 5) is 1.41. The third kappa shape index (κ3) is 4.80. The fourth-order valence-electron chi connectivity index (χ4n) is 2.02. The summed E-state index contributed by atoms with van der Waals surface area (Å²) < 4.78 is 40.2. The highest BCUT2D eigenvalue weighted by atomic mass is 79.9. The zero-order chi connectivity index (χ0) is 14.6. The minimum atomic E-state index is -4.17. The van der Waals surface area contributed by atoms with Crippen LogP contribution in [0.3, 0.4) is 0 Å². The summed E-state index contributed by atoms with van der Waals surface area (Å²) in [5.41, 5.74) is 1.61. The van der Waals surface area contributed by atoms with Gasteiger partial charge in [-0.3, -0.25) is 9.58 Å². The van der Waals surface area contributed by atoms with Crippen LogP contribution in [-0.4, -0.2) is 33.9 Å². The van der Waals surface area contributed by atoms with E-state index in [0.717, 1.165) is 15.9 Å². The van der Waals surface area contributed by atoms with E-state index in [0.29, 0.717) is 19.5 Å². The number of nitrogens with zero attached hydrogens (tertiary/aromatic N) is 3. The quantitative estimate of drug-likeness (QED) is 0.785. The van der Waals surface area contributed by atoms with Crippen LogP contribution >= 0.6 is 15.9 Å². The van der Waals surface area contributed by atoms with Gasteiger partial charge in [-0.1, -0.05) is 6.92 Å². The summed E-state index contributed by atoms with van der Waals surface area (Å²) in [5, 5.41) is 4.30. The minimum absolute atomic E-state index is 0.253. The molecule has 1 aromatic rings. The van der Waals surface area contributed by atoms with Gasteiger partial charge in [-0.15, -0.1) is 0 Å². The number of alkyl halides is 3. The van der Waals surface area contributed by atoms with Gasteiger partial charge in [0.2, 0.25) is 0 Å². The van der Waals surface area contributed by atoms with E-state index in [4.69, 9.17) is 0 Å². The molecule has 19 heavy (non-hydrogen) atoms. The highest BCUT2D eigenvalue weighted by Gasteiger charge is 2.31. The van der Waals surface area contributed by atoms with Gasteiger partial charge >= 0.3 is 6.18 Å². The number of halogens is 4. The molecule has 0 amide bonds. The molecule has 0 unspecified atom stereocenters. The van der Waals surface area contributed by atoms with Crippen molar-refractivity contribution in [3.63, 3.8) is 0 Å². The van der Waals surface area contributed by atoms with E-state index in [9.17, 15) is 13.2 Å². The van der Waals surface area contributed by atoms with E-state index in [1.54, 1.807) is 4.68 Å². The Kier molecular flexibility index (Phi) is 5.85. The van der Waals surface area contributed by atoms with Gasteiger partial charge in [0.05, 0.1) is 22.4 Å².